The first-order valence-corrected chi connectivity index (χ1v) is 10.3. The molecule has 148 valence electrons. The lowest BCUT2D eigenvalue weighted by molar-refractivity contribution is 0.255. The Morgan fingerprint density at radius 1 is 0.967 bits per heavy atom. The zero-order chi connectivity index (χ0) is 20.3. The van der Waals surface area contributed by atoms with Gasteiger partial charge in [-0.15, -0.1) is 0 Å². The fourth-order valence-corrected chi connectivity index (χ4v) is 3.94. The van der Waals surface area contributed by atoms with E-state index in [1.807, 2.05) is 70.3 Å². The maximum atomic E-state index is 5.91. The van der Waals surface area contributed by atoms with E-state index in [1.54, 1.807) is 6.33 Å². The second-order valence-corrected chi connectivity index (χ2v) is 7.71. The third-order valence-corrected chi connectivity index (χ3v) is 5.60. The van der Waals surface area contributed by atoms with Crippen LogP contribution in [0.5, 0.6) is 11.5 Å². The molecule has 2 radical (unpaired) electrons. The Kier molecular flexibility index (Phi) is 5.19. The summed E-state index contributed by atoms with van der Waals surface area (Å²) in [5.74, 6) is 2.16. The van der Waals surface area contributed by atoms with E-state index in [1.165, 1.54) is 0 Å². The number of para-hydroxylation sites is 1. The molecule has 0 aliphatic carbocycles. The number of aromatic nitrogens is 4. The first kappa shape index (κ1) is 18.8. The first-order valence-electron chi connectivity index (χ1n) is 10.3. The van der Waals surface area contributed by atoms with Crippen molar-refractivity contribution < 1.29 is 4.74 Å². The zero-order valence-electron chi connectivity index (χ0n) is 16.7. The highest BCUT2D eigenvalue weighted by Crippen LogP contribution is 2.30. The number of hydrogen-bond donors (Lipinski definition) is 0. The molecule has 30 heavy (non-hydrogen) atoms. The van der Waals surface area contributed by atoms with Crippen molar-refractivity contribution in [3.05, 3.63) is 67.1 Å². The molecule has 5 rings (SSSR count). The lowest BCUT2D eigenvalue weighted by Gasteiger charge is -2.29. The van der Waals surface area contributed by atoms with Crippen LogP contribution in [0, 0.1) is 5.92 Å². The number of nitrogens with zero attached hydrogens (tertiary/aromatic N) is 5. The Balaban J connectivity index is 1.41. The molecule has 0 N–H and O–H groups in total. The van der Waals surface area contributed by atoms with Crippen molar-refractivity contribution in [1.82, 2.24) is 24.6 Å². The summed E-state index contributed by atoms with van der Waals surface area (Å²) in [6, 6.07) is 17.8. The van der Waals surface area contributed by atoms with Crippen LogP contribution in [0.25, 0.3) is 22.3 Å². The van der Waals surface area contributed by atoms with E-state index >= 15 is 0 Å². The van der Waals surface area contributed by atoms with Crippen LogP contribution < -0.4 is 4.74 Å². The normalized spacial score (nSPS) is 15.5. The number of rotatable bonds is 5. The number of benzene rings is 2. The van der Waals surface area contributed by atoms with Gasteiger partial charge in [0.1, 0.15) is 23.5 Å². The first-order chi connectivity index (χ1) is 14.8. The largest absolute Gasteiger partial charge is 0.457 e. The van der Waals surface area contributed by atoms with Gasteiger partial charge in [0, 0.05) is 18.3 Å². The Morgan fingerprint density at radius 2 is 1.70 bits per heavy atom. The summed E-state index contributed by atoms with van der Waals surface area (Å²) in [5, 5.41) is 5.88. The van der Waals surface area contributed by atoms with Gasteiger partial charge in [0.05, 0.1) is 5.39 Å². The molecule has 0 bridgehead atoms. The van der Waals surface area contributed by atoms with Gasteiger partial charge in [0.25, 0.3) is 0 Å². The van der Waals surface area contributed by atoms with Crippen molar-refractivity contribution in [2.24, 2.45) is 5.92 Å². The minimum absolute atomic E-state index is 0.553. The number of ether oxygens (including phenoxy) is 1. The molecule has 1 saturated heterocycles. The van der Waals surface area contributed by atoms with Gasteiger partial charge in [0.15, 0.2) is 13.6 Å². The van der Waals surface area contributed by atoms with Crippen molar-refractivity contribution in [3.8, 4) is 22.8 Å². The van der Waals surface area contributed by atoms with Crippen molar-refractivity contribution in [1.29, 1.82) is 0 Å². The molecular formula is C23H22BN5O. The highest BCUT2D eigenvalue weighted by molar-refractivity contribution is 6.04. The lowest BCUT2D eigenvalue weighted by Crippen LogP contribution is -2.33. The molecule has 2 aromatic heterocycles. The second-order valence-electron chi connectivity index (χ2n) is 7.71. The predicted octanol–water partition coefficient (Wildman–Crippen LogP) is 4.08. The summed E-state index contributed by atoms with van der Waals surface area (Å²) in [6.45, 7) is 2.69. The van der Waals surface area contributed by atoms with Crippen LogP contribution in [-0.4, -0.2) is 45.6 Å². The average molecular weight is 395 g/mol. The Labute approximate surface area is 177 Å². The van der Waals surface area contributed by atoms with E-state index in [2.05, 4.69) is 9.97 Å². The van der Waals surface area contributed by atoms with E-state index in [4.69, 9.17) is 17.8 Å². The third kappa shape index (κ3) is 3.93. The van der Waals surface area contributed by atoms with Crippen LogP contribution >= 0.6 is 0 Å². The van der Waals surface area contributed by atoms with Crippen LogP contribution in [0.4, 0.5) is 0 Å². The van der Waals surface area contributed by atoms with Crippen LogP contribution in [0.3, 0.4) is 0 Å². The lowest BCUT2D eigenvalue weighted by atomic mass is 9.95. The predicted molar refractivity (Wildman–Crippen MR) is 117 cm³/mol. The Morgan fingerprint density at radius 3 is 2.47 bits per heavy atom. The third-order valence-electron chi connectivity index (χ3n) is 5.60. The molecule has 3 heterocycles. The maximum Gasteiger partial charge on any atom is 0.182 e. The number of fused-ring (bicyclic) bond motifs is 1. The van der Waals surface area contributed by atoms with Gasteiger partial charge < -0.3 is 9.55 Å². The standard InChI is InChI=1S/C23H22BN5O/c24-28-12-10-17(11-13-28)15-29-23-21(14-25-16-26-23)22(27-29)18-6-8-20(9-7-18)30-19-4-2-1-3-5-19/h1-9,14,16-17H,10-13,15H2. The molecule has 2 aromatic carbocycles. The molecule has 1 aliphatic rings. The van der Waals surface area contributed by atoms with E-state index in [0.717, 1.165) is 66.3 Å². The summed E-state index contributed by atoms with van der Waals surface area (Å²) in [6.07, 6.45) is 5.58. The fraction of sp³-hybridized carbons (Fsp3) is 0.261. The molecule has 0 saturated carbocycles. The van der Waals surface area contributed by atoms with Crippen molar-refractivity contribution in [2.75, 3.05) is 13.1 Å². The van der Waals surface area contributed by atoms with Crippen LogP contribution in [0.1, 0.15) is 12.8 Å². The monoisotopic (exact) mass is 395 g/mol. The molecule has 1 fully saturated rings. The van der Waals surface area contributed by atoms with Gasteiger partial charge in [-0.1, -0.05) is 18.2 Å². The van der Waals surface area contributed by atoms with Gasteiger partial charge in [0.2, 0.25) is 0 Å². The number of hydrogen-bond acceptors (Lipinski definition) is 5. The average Bonchev–Trinajstić information content (AvgIpc) is 3.15. The minimum Gasteiger partial charge on any atom is -0.457 e. The fourth-order valence-electron chi connectivity index (χ4n) is 3.94. The summed E-state index contributed by atoms with van der Waals surface area (Å²) >= 11 is 0. The molecule has 0 atom stereocenters. The van der Waals surface area contributed by atoms with Gasteiger partial charge in [-0.2, -0.15) is 5.10 Å². The highest BCUT2D eigenvalue weighted by Gasteiger charge is 2.20. The maximum absolute atomic E-state index is 5.91. The summed E-state index contributed by atoms with van der Waals surface area (Å²) in [4.78, 5) is 10.6. The Hall–Kier alpha value is -3.19. The zero-order valence-corrected chi connectivity index (χ0v) is 16.7. The SMILES string of the molecule is [B]N1CCC(Cn2nc(-c3ccc(Oc4ccccc4)cc3)c3cncnc32)CC1. The molecule has 0 amide bonds. The molecule has 6 nitrogen and oxygen atoms in total. The van der Waals surface area contributed by atoms with Gasteiger partial charge in [-0.05, 0) is 68.2 Å². The van der Waals surface area contributed by atoms with Crippen LogP contribution in [0.2, 0.25) is 0 Å². The van der Waals surface area contributed by atoms with Crippen LogP contribution in [-0.2, 0) is 6.54 Å². The molecule has 0 spiro atoms. The molecule has 7 heteroatoms. The summed E-state index contributed by atoms with van der Waals surface area (Å²) in [5.41, 5.74) is 2.79. The second kappa shape index (κ2) is 8.28. The molecule has 1 aliphatic heterocycles. The summed E-state index contributed by atoms with van der Waals surface area (Å²) in [7, 11) is 5.90. The highest BCUT2D eigenvalue weighted by atomic mass is 16.5. The molecular weight excluding hydrogens is 373 g/mol. The summed E-state index contributed by atoms with van der Waals surface area (Å²) < 4.78 is 7.93. The topological polar surface area (TPSA) is 56.1 Å². The van der Waals surface area contributed by atoms with E-state index < -0.39 is 0 Å². The quantitative estimate of drug-likeness (QED) is 0.477. The minimum atomic E-state index is 0.553. The van der Waals surface area contributed by atoms with Gasteiger partial charge in [-0.3, -0.25) is 0 Å². The van der Waals surface area contributed by atoms with Crippen LogP contribution in [0.15, 0.2) is 67.1 Å². The Bertz CT molecular complexity index is 1120. The smallest absolute Gasteiger partial charge is 0.182 e. The van der Waals surface area contributed by atoms with E-state index in [0.29, 0.717) is 5.92 Å². The van der Waals surface area contributed by atoms with Crippen molar-refractivity contribution in [2.45, 2.75) is 19.4 Å². The van der Waals surface area contributed by atoms with E-state index in [9.17, 15) is 0 Å². The van der Waals surface area contributed by atoms with Crippen molar-refractivity contribution in [3.63, 3.8) is 0 Å². The number of piperidine rings is 1. The molecule has 0 unspecified atom stereocenters. The van der Waals surface area contributed by atoms with Gasteiger partial charge in [-0.25, -0.2) is 14.6 Å². The van der Waals surface area contributed by atoms with E-state index in [-0.39, 0.29) is 0 Å². The van der Waals surface area contributed by atoms with Gasteiger partial charge >= 0.3 is 0 Å². The molecule has 4 aromatic rings. The van der Waals surface area contributed by atoms with Crippen molar-refractivity contribution >= 4 is 19.0 Å².